The number of hydrogen-bond acceptors (Lipinski definition) is 3. The molecule has 0 atom stereocenters. The summed E-state index contributed by atoms with van der Waals surface area (Å²) in [5.74, 6) is -0.451. The molecule has 5 nitrogen and oxygen atoms in total. The molecule has 144 valence electrons. The molecule has 0 fully saturated rings. The molecule has 0 aliphatic heterocycles. The molecule has 9 heteroatoms. The Labute approximate surface area is 157 Å². The van der Waals surface area contributed by atoms with E-state index >= 15 is 0 Å². The second kappa shape index (κ2) is 6.43. The summed E-state index contributed by atoms with van der Waals surface area (Å²) in [5, 5.41) is 8.13. The maximum Gasteiger partial charge on any atom is 0.417 e. The minimum absolute atomic E-state index is 0.0417. The largest absolute Gasteiger partial charge is 0.417 e. The van der Waals surface area contributed by atoms with E-state index in [1.54, 1.807) is 11.6 Å². The van der Waals surface area contributed by atoms with Crippen LogP contribution in [0.25, 0.3) is 28.0 Å². The van der Waals surface area contributed by atoms with Gasteiger partial charge in [0.05, 0.1) is 34.7 Å². The summed E-state index contributed by atoms with van der Waals surface area (Å²) in [6.07, 6.45) is -1.95. The molecule has 0 aliphatic carbocycles. The van der Waals surface area contributed by atoms with Gasteiger partial charge in [-0.05, 0) is 44.2 Å². The first-order chi connectivity index (χ1) is 13.3. The number of benzene rings is 1. The number of halogens is 4. The standard InChI is InChI=1S/C19H15F4N5/c1-3-27-11(2)14(9-24-27)17-8-16(19(21,22)23)15-10-25-28(18(15)26-17)13-6-4-12(20)5-7-13/h4-10H,3H2,1-2H3. The lowest BCUT2D eigenvalue weighted by Gasteiger charge is -2.11. The Morgan fingerprint density at radius 3 is 2.36 bits per heavy atom. The number of aromatic nitrogens is 5. The molecule has 4 aromatic rings. The predicted octanol–water partition coefficient (Wildman–Crippen LogP) is 4.77. The molecule has 0 bridgehead atoms. The molecule has 0 aliphatic rings. The molecule has 0 radical (unpaired) electrons. The van der Waals surface area contributed by atoms with Gasteiger partial charge in [-0.2, -0.15) is 23.4 Å². The predicted molar refractivity (Wildman–Crippen MR) is 95.5 cm³/mol. The summed E-state index contributed by atoms with van der Waals surface area (Å²) >= 11 is 0. The molecule has 1 aromatic carbocycles. The second-order valence-electron chi connectivity index (χ2n) is 6.28. The molecule has 0 N–H and O–H groups in total. The smallest absolute Gasteiger partial charge is 0.269 e. The lowest BCUT2D eigenvalue weighted by atomic mass is 10.1. The maximum atomic E-state index is 13.7. The van der Waals surface area contributed by atoms with E-state index in [0.29, 0.717) is 17.8 Å². The van der Waals surface area contributed by atoms with Crippen LogP contribution in [0.2, 0.25) is 0 Å². The van der Waals surface area contributed by atoms with Gasteiger partial charge in [0.25, 0.3) is 0 Å². The van der Waals surface area contributed by atoms with Gasteiger partial charge >= 0.3 is 6.18 Å². The Hall–Kier alpha value is -3.23. The van der Waals surface area contributed by atoms with Crippen molar-refractivity contribution < 1.29 is 17.6 Å². The third-order valence-corrected chi connectivity index (χ3v) is 4.60. The maximum absolute atomic E-state index is 13.7. The molecular formula is C19H15F4N5. The quantitative estimate of drug-likeness (QED) is 0.474. The van der Waals surface area contributed by atoms with Crippen molar-refractivity contribution >= 4 is 11.0 Å². The van der Waals surface area contributed by atoms with Gasteiger partial charge in [-0.3, -0.25) is 4.68 Å². The average Bonchev–Trinajstić information content (AvgIpc) is 3.24. The summed E-state index contributed by atoms with van der Waals surface area (Å²) in [4.78, 5) is 4.44. The van der Waals surface area contributed by atoms with Gasteiger partial charge in [-0.1, -0.05) is 0 Å². The molecule has 28 heavy (non-hydrogen) atoms. The normalized spacial score (nSPS) is 12.1. The zero-order valence-electron chi connectivity index (χ0n) is 15.0. The van der Waals surface area contributed by atoms with Crippen LogP contribution in [-0.4, -0.2) is 24.5 Å². The fourth-order valence-corrected chi connectivity index (χ4v) is 3.16. The first kappa shape index (κ1) is 18.1. The molecule has 0 unspecified atom stereocenters. The number of hydrogen-bond donors (Lipinski definition) is 0. The molecule has 3 heterocycles. The minimum Gasteiger partial charge on any atom is -0.269 e. The SMILES string of the molecule is CCn1ncc(-c2cc(C(F)(F)F)c3cnn(-c4ccc(F)cc4)c3n2)c1C. The van der Waals surface area contributed by atoms with E-state index in [9.17, 15) is 17.6 Å². The monoisotopic (exact) mass is 389 g/mol. The zero-order valence-corrected chi connectivity index (χ0v) is 15.0. The van der Waals surface area contributed by atoms with E-state index < -0.39 is 17.6 Å². The summed E-state index contributed by atoms with van der Waals surface area (Å²) in [7, 11) is 0. The van der Waals surface area contributed by atoms with Crippen LogP contribution in [0.4, 0.5) is 17.6 Å². The molecule has 4 rings (SSSR count). The number of aryl methyl sites for hydroxylation is 1. The minimum atomic E-state index is -4.58. The van der Waals surface area contributed by atoms with Crippen LogP contribution in [0, 0.1) is 12.7 Å². The van der Waals surface area contributed by atoms with Crippen LogP contribution in [0.5, 0.6) is 0 Å². The van der Waals surface area contributed by atoms with E-state index in [-0.39, 0.29) is 16.7 Å². The molecule has 0 saturated heterocycles. The summed E-state index contributed by atoms with van der Waals surface area (Å²) in [6, 6.07) is 6.32. The topological polar surface area (TPSA) is 48.5 Å². The van der Waals surface area contributed by atoms with Gasteiger partial charge in [-0.15, -0.1) is 0 Å². The van der Waals surface area contributed by atoms with Gasteiger partial charge in [0.2, 0.25) is 0 Å². The average molecular weight is 389 g/mol. The van der Waals surface area contributed by atoms with E-state index in [0.717, 1.165) is 18.0 Å². The van der Waals surface area contributed by atoms with Crippen LogP contribution in [0.3, 0.4) is 0 Å². The van der Waals surface area contributed by atoms with E-state index in [1.807, 2.05) is 6.92 Å². The van der Waals surface area contributed by atoms with Crippen molar-refractivity contribution in [2.45, 2.75) is 26.6 Å². The Balaban J connectivity index is 2.00. The van der Waals surface area contributed by atoms with Crippen molar-refractivity contribution in [2.75, 3.05) is 0 Å². The van der Waals surface area contributed by atoms with Gasteiger partial charge < -0.3 is 0 Å². The third-order valence-electron chi connectivity index (χ3n) is 4.60. The van der Waals surface area contributed by atoms with Crippen LogP contribution in [0.1, 0.15) is 18.2 Å². The summed E-state index contributed by atoms with van der Waals surface area (Å²) in [5.41, 5.74) is 1.01. The second-order valence-corrected chi connectivity index (χ2v) is 6.28. The number of fused-ring (bicyclic) bond motifs is 1. The van der Waals surface area contributed by atoms with Gasteiger partial charge in [-0.25, -0.2) is 14.1 Å². The Bertz CT molecular complexity index is 1160. The zero-order chi connectivity index (χ0) is 20.1. The lowest BCUT2D eigenvalue weighted by molar-refractivity contribution is -0.136. The van der Waals surface area contributed by atoms with E-state index in [1.165, 1.54) is 35.1 Å². The van der Waals surface area contributed by atoms with Crippen molar-refractivity contribution in [3.05, 3.63) is 59.8 Å². The molecule has 0 spiro atoms. The highest BCUT2D eigenvalue weighted by atomic mass is 19.4. The van der Waals surface area contributed by atoms with Gasteiger partial charge in [0.15, 0.2) is 5.65 Å². The number of rotatable bonds is 3. The van der Waals surface area contributed by atoms with Crippen molar-refractivity contribution in [1.82, 2.24) is 24.5 Å². The summed E-state index contributed by atoms with van der Waals surface area (Å²) < 4.78 is 57.3. The van der Waals surface area contributed by atoms with Crippen molar-refractivity contribution in [3.63, 3.8) is 0 Å². The van der Waals surface area contributed by atoms with Crippen LogP contribution >= 0.6 is 0 Å². The first-order valence-electron chi connectivity index (χ1n) is 8.54. The van der Waals surface area contributed by atoms with Crippen LogP contribution in [0.15, 0.2) is 42.7 Å². The van der Waals surface area contributed by atoms with E-state index in [4.69, 9.17) is 0 Å². The lowest BCUT2D eigenvalue weighted by Crippen LogP contribution is -2.08. The molecular weight excluding hydrogens is 374 g/mol. The van der Waals surface area contributed by atoms with Crippen molar-refractivity contribution in [1.29, 1.82) is 0 Å². The first-order valence-corrected chi connectivity index (χ1v) is 8.54. The van der Waals surface area contributed by atoms with Crippen LogP contribution in [-0.2, 0) is 12.7 Å². The highest BCUT2D eigenvalue weighted by Crippen LogP contribution is 2.37. The van der Waals surface area contributed by atoms with Gasteiger partial charge in [0, 0.05) is 17.8 Å². The Morgan fingerprint density at radius 2 is 1.75 bits per heavy atom. The van der Waals surface area contributed by atoms with Crippen LogP contribution < -0.4 is 0 Å². The fourth-order valence-electron chi connectivity index (χ4n) is 3.16. The van der Waals surface area contributed by atoms with Gasteiger partial charge in [0.1, 0.15) is 5.82 Å². The molecule has 0 amide bonds. The Morgan fingerprint density at radius 1 is 1.04 bits per heavy atom. The summed E-state index contributed by atoms with van der Waals surface area (Å²) in [6.45, 7) is 4.26. The highest BCUT2D eigenvalue weighted by molar-refractivity contribution is 5.84. The molecule has 3 aromatic heterocycles. The number of pyridine rings is 1. The number of alkyl halides is 3. The third kappa shape index (κ3) is 2.92. The van der Waals surface area contributed by atoms with Crippen molar-refractivity contribution in [3.8, 4) is 16.9 Å². The molecule has 0 saturated carbocycles. The fraction of sp³-hybridized carbons (Fsp3) is 0.211. The number of nitrogens with zero attached hydrogens (tertiary/aromatic N) is 5. The highest BCUT2D eigenvalue weighted by Gasteiger charge is 2.35. The van der Waals surface area contributed by atoms with E-state index in [2.05, 4.69) is 15.2 Å². The Kier molecular flexibility index (Phi) is 4.17. The van der Waals surface area contributed by atoms with Crippen molar-refractivity contribution in [2.24, 2.45) is 0 Å².